The van der Waals surface area contributed by atoms with E-state index >= 15 is 0 Å². The summed E-state index contributed by atoms with van der Waals surface area (Å²) in [4.78, 5) is 11.4. The molecule has 0 aromatic heterocycles. The first kappa shape index (κ1) is 18.7. The van der Waals surface area contributed by atoms with Gasteiger partial charge < -0.3 is 10.4 Å². The van der Waals surface area contributed by atoms with E-state index < -0.39 is 11.4 Å². The van der Waals surface area contributed by atoms with Gasteiger partial charge in [0.25, 0.3) is 0 Å². The second-order valence-corrected chi connectivity index (χ2v) is 7.17. The van der Waals surface area contributed by atoms with Gasteiger partial charge in [-0.15, -0.1) is 0 Å². The molecule has 1 rings (SSSR count). The number of hydrogen-bond acceptors (Lipinski definition) is 2. The molecule has 22 heavy (non-hydrogen) atoms. The van der Waals surface area contributed by atoms with E-state index in [1.165, 1.54) is 11.1 Å². The number of nitrogens with one attached hydrogen (secondary N) is 1. The summed E-state index contributed by atoms with van der Waals surface area (Å²) in [7, 11) is 0. The SMILES string of the molecule is CCC(CC)(CNCCc1ccc(C(C)(C)C)cc1)C(=O)O. The predicted molar refractivity (Wildman–Crippen MR) is 92.4 cm³/mol. The molecule has 3 heteroatoms. The van der Waals surface area contributed by atoms with Crippen LogP contribution in [0.5, 0.6) is 0 Å². The van der Waals surface area contributed by atoms with Crippen molar-refractivity contribution < 1.29 is 9.90 Å². The Kier molecular flexibility index (Phi) is 6.61. The molecule has 1 aromatic carbocycles. The Bertz CT molecular complexity index is 467. The first-order valence-corrected chi connectivity index (χ1v) is 8.28. The zero-order chi connectivity index (χ0) is 16.8. The van der Waals surface area contributed by atoms with Crippen molar-refractivity contribution in [3.05, 3.63) is 35.4 Å². The monoisotopic (exact) mass is 305 g/mol. The lowest BCUT2D eigenvalue weighted by Gasteiger charge is -2.27. The summed E-state index contributed by atoms with van der Waals surface area (Å²) < 4.78 is 0. The van der Waals surface area contributed by atoms with Crippen molar-refractivity contribution in [2.75, 3.05) is 13.1 Å². The molecular weight excluding hydrogens is 274 g/mol. The van der Waals surface area contributed by atoms with Crippen LogP contribution in [-0.2, 0) is 16.6 Å². The van der Waals surface area contributed by atoms with Crippen molar-refractivity contribution in [3.8, 4) is 0 Å². The van der Waals surface area contributed by atoms with Crippen LogP contribution in [0.3, 0.4) is 0 Å². The lowest BCUT2D eigenvalue weighted by atomic mass is 9.82. The summed E-state index contributed by atoms with van der Waals surface area (Å²) >= 11 is 0. The average molecular weight is 305 g/mol. The van der Waals surface area contributed by atoms with Gasteiger partial charge in [-0.25, -0.2) is 0 Å². The number of aliphatic carboxylic acids is 1. The van der Waals surface area contributed by atoms with E-state index in [-0.39, 0.29) is 5.41 Å². The molecule has 0 spiro atoms. The van der Waals surface area contributed by atoms with Crippen LogP contribution in [0.1, 0.15) is 58.6 Å². The summed E-state index contributed by atoms with van der Waals surface area (Å²) in [5.74, 6) is -0.695. The molecule has 0 saturated heterocycles. The Morgan fingerprint density at radius 2 is 1.64 bits per heavy atom. The standard InChI is InChI=1S/C19H31NO2/c1-6-19(7-2,17(21)22)14-20-13-12-15-8-10-16(11-9-15)18(3,4)5/h8-11,20H,6-7,12-14H2,1-5H3,(H,21,22). The van der Waals surface area contributed by atoms with Gasteiger partial charge in [0.1, 0.15) is 0 Å². The third-order valence-corrected chi connectivity index (χ3v) is 4.68. The van der Waals surface area contributed by atoms with Gasteiger partial charge in [-0.1, -0.05) is 58.9 Å². The highest BCUT2D eigenvalue weighted by molar-refractivity contribution is 5.74. The van der Waals surface area contributed by atoms with E-state index in [0.717, 1.165) is 13.0 Å². The van der Waals surface area contributed by atoms with E-state index in [2.05, 4.69) is 50.4 Å². The van der Waals surface area contributed by atoms with Gasteiger partial charge in [0, 0.05) is 6.54 Å². The largest absolute Gasteiger partial charge is 0.481 e. The van der Waals surface area contributed by atoms with Gasteiger partial charge in [-0.2, -0.15) is 0 Å². The first-order valence-electron chi connectivity index (χ1n) is 8.28. The Balaban J connectivity index is 2.49. The minimum absolute atomic E-state index is 0.181. The van der Waals surface area contributed by atoms with Gasteiger partial charge in [0.15, 0.2) is 0 Å². The van der Waals surface area contributed by atoms with Gasteiger partial charge in [-0.05, 0) is 42.3 Å². The Labute approximate surface area is 135 Å². The first-order chi connectivity index (χ1) is 10.2. The predicted octanol–water partition coefficient (Wildman–Crippen LogP) is 4.01. The van der Waals surface area contributed by atoms with Gasteiger partial charge in [0.05, 0.1) is 5.41 Å². The van der Waals surface area contributed by atoms with Crippen LogP contribution in [0.15, 0.2) is 24.3 Å². The van der Waals surface area contributed by atoms with E-state index in [0.29, 0.717) is 19.4 Å². The highest BCUT2D eigenvalue weighted by atomic mass is 16.4. The molecule has 0 bridgehead atoms. The molecule has 2 N–H and O–H groups in total. The second-order valence-electron chi connectivity index (χ2n) is 7.17. The van der Waals surface area contributed by atoms with Gasteiger partial charge in [0.2, 0.25) is 0 Å². The molecule has 0 fully saturated rings. The van der Waals surface area contributed by atoms with Crippen molar-refractivity contribution in [2.45, 2.75) is 59.3 Å². The summed E-state index contributed by atoms with van der Waals surface area (Å²) in [6.45, 7) is 11.9. The summed E-state index contributed by atoms with van der Waals surface area (Å²) in [5.41, 5.74) is 2.18. The summed E-state index contributed by atoms with van der Waals surface area (Å²) in [6.07, 6.45) is 2.24. The van der Waals surface area contributed by atoms with Crippen molar-refractivity contribution in [2.24, 2.45) is 5.41 Å². The molecule has 0 amide bonds. The third-order valence-electron chi connectivity index (χ3n) is 4.68. The lowest BCUT2D eigenvalue weighted by Crippen LogP contribution is -2.40. The molecule has 1 aromatic rings. The van der Waals surface area contributed by atoms with Crippen molar-refractivity contribution in [1.29, 1.82) is 0 Å². The fourth-order valence-corrected chi connectivity index (χ4v) is 2.61. The molecule has 124 valence electrons. The Morgan fingerprint density at radius 3 is 2.05 bits per heavy atom. The molecule has 0 saturated carbocycles. The van der Waals surface area contributed by atoms with Gasteiger partial charge >= 0.3 is 5.97 Å². The fourth-order valence-electron chi connectivity index (χ4n) is 2.61. The van der Waals surface area contributed by atoms with Gasteiger partial charge in [-0.3, -0.25) is 4.79 Å². The molecular formula is C19H31NO2. The van der Waals surface area contributed by atoms with Crippen LogP contribution in [0.2, 0.25) is 0 Å². The maximum Gasteiger partial charge on any atom is 0.310 e. The topological polar surface area (TPSA) is 49.3 Å². The molecule has 0 unspecified atom stereocenters. The minimum Gasteiger partial charge on any atom is -0.481 e. The molecule has 3 nitrogen and oxygen atoms in total. The zero-order valence-electron chi connectivity index (χ0n) is 14.7. The van der Waals surface area contributed by atoms with Crippen LogP contribution >= 0.6 is 0 Å². The van der Waals surface area contributed by atoms with Crippen LogP contribution in [0, 0.1) is 5.41 Å². The van der Waals surface area contributed by atoms with Crippen molar-refractivity contribution in [1.82, 2.24) is 5.32 Å². The molecule has 0 aliphatic heterocycles. The van der Waals surface area contributed by atoms with Crippen LogP contribution in [0.25, 0.3) is 0 Å². The molecule has 0 heterocycles. The van der Waals surface area contributed by atoms with Crippen LogP contribution in [-0.4, -0.2) is 24.2 Å². The van der Waals surface area contributed by atoms with Crippen molar-refractivity contribution >= 4 is 5.97 Å². The van der Waals surface area contributed by atoms with E-state index in [1.54, 1.807) is 0 Å². The van der Waals surface area contributed by atoms with E-state index in [4.69, 9.17) is 0 Å². The van der Waals surface area contributed by atoms with Crippen LogP contribution < -0.4 is 5.32 Å². The van der Waals surface area contributed by atoms with E-state index in [1.807, 2.05) is 13.8 Å². The molecule has 0 atom stereocenters. The van der Waals surface area contributed by atoms with Crippen LogP contribution in [0.4, 0.5) is 0 Å². The molecule has 0 radical (unpaired) electrons. The number of carboxylic acids is 1. The maximum absolute atomic E-state index is 11.4. The highest BCUT2D eigenvalue weighted by Gasteiger charge is 2.34. The number of rotatable bonds is 8. The summed E-state index contributed by atoms with van der Waals surface area (Å²) in [5, 5.41) is 12.7. The smallest absolute Gasteiger partial charge is 0.310 e. The number of benzene rings is 1. The Morgan fingerprint density at radius 1 is 1.09 bits per heavy atom. The zero-order valence-corrected chi connectivity index (χ0v) is 14.7. The quantitative estimate of drug-likeness (QED) is 0.714. The third kappa shape index (κ3) is 4.84. The Hall–Kier alpha value is -1.35. The fraction of sp³-hybridized carbons (Fsp3) is 0.632. The highest BCUT2D eigenvalue weighted by Crippen LogP contribution is 2.25. The van der Waals surface area contributed by atoms with E-state index in [9.17, 15) is 9.90 Å². The number of carbonyl (C=O) groups is 1. The number of hydrogen-bond donors (Lipinski definition) is 2. The van der Waals surface area contributed by atoms with Crippen molar-refractivity contribution in [3.63, 3.8) is 0 Å². The average Bonchev–Trinajstić information content (AvgIpc) is 2.47. The number of carboxylic acid groups (broad SMARTS) is 1. The molecule has 0 aliphatic carbocycles. The maximum atomic E-state index is 11.4. The minimum atomic E-state index is -0.695. The summed E-state index contributed by atoms with van der Waals surface area (Å²) in [6, 6.07) is 8.72. The normalized spacial score (nSPS) is 12.4. The second kappa shape index (κ2) is 7.77. The lowest BCUT2D eigenvalue weighted by molar-refractivity contribution is -0.149. The molecule has 0 aliphatic rings.